The van der Waals surface area contributed by atoms with Crippen molar-refractivity contribution in [2.24, 2.45) is 0 Å². The molecule has 1 heterocycles. The van der Waals surface area contributed by atoms with Crippen LogP contribution in [0.25, 0.3) is 10.9 Å². The molecule has 90 valence electrons. The third-order valence-electron chi connectivity index (χ3n) is 2.76. The number of amides is 1. The van der Waals surface area contributed by atoms with Crippen LogP contribution in [0.15, 0.2) is 24.4 Å². The maximum atomic E-state index is 12.2. The van der Waals surface area contributed by atoms with Gasteiger partial charge in [-0.2, -0.15) is 5.10 Å². The molecule has 0 aliphatic rings. The van der Waals surface area contributed by atoms with Gasteiger partial charge in [-0.3, -0.25) is 9.89 Å². The molecule has 0 saturated carbocycles. The van der Waals surface area contributed by atoms with Crippen LogP contribution in [0.2, 0.25) is 0 Å². The summed E-state index contributed by atoms with van der Waals surface area (Å²) in [4.78, 5) is 13.9. The minimum absolute atomic E-state index is 0.0206. The number of nitrogens with zero attached hydrogens (tertiary/aromatic N) is 2. The maximum Gasteiger partial charge on any atom is 0.254 e. The molecule has 17 heavy (non-hydrogen) atoms. The fourth-order valence-corrected chi connectivity index (χ4v) is 1.74. The standard InChI is InChI=1S/C12H16N4O/c1-13-6-7-16(2)12(17)9-4-3-5-11-10(9)8-14-15-11/h3-5,8,13H,6-7H2,1-2H3,(H,14,15). The molecule has 0 unspecified atom stereocenters. The monoisotopic (exact) mass is 232 g/mol. The summed E-state index contributed by atoms with van der Waals surface area (Å²) in [6.45, 7) is 1.47. The predicted molar refractivity (Wildman–Crippen MR) is 67.0 cm³/mol. The van der Waals surface area contributed by atoms with Gasteiger partial charge in [0.05, 0.1) is 17.3 Å². The highest BCUT2D eigenvalue weighted by atomic mass is 16.2. The molecule has 1 amide bonds. The van der Waals surface area contributed by atoms with E-state index in [2.05, 4.69) is 15.5 Å². The summed E-state index contributed by atoms with van der Waals surface area (Å²) < 4.78 is 0. The second kappa shape index (κ2) is 4.97. The number of likely N-dealkylation sites (N-methyl/N-ethyl adjacent to an activating group) is 2. The zero-order valence-electron chi connectivity index (χ0n) is 10.0. The van der Waals surface area contributed by atoms with Gasteiger partial charge in [-0.15, -0.1) is 0 Å². The minimum Gasteiger partial charge on any atom is -0.340 e. The fraction of sp³-hybridized carbons (Fsp3) is 0.333. The largest absolute Gasteiger partial charge is 0.340 e. The van der Waals surface area contributed by atoms with Gasteiger partial charge < -0.3 is 10.2 Å². The summed E-state index contributed by atoms with van der Waals surface area (Å²) in [6, 6.07) is 5.60. The van der Waals surface area contributed by atoms with Gasteiger partial charge in [0.2, 0.25) is 0 Å². The van der Waals surface area contributed by atoms with Gasteiger partial charge in [0.15, 0.2) is 0 Å². The SMILES string of the molecule is CNCCN(C)C(=O)c1cccc2[nH]ncc12. The summed E-state index contributed by atoms with van der Waals surface area (Å²) in [5.74, 6) is 0.0206. The van der Waals surface area contributed by atoms with Crippen molar-refractivity contribution in [1.29, 1.82) is 0 Å². The van der Waals surface area contributed by atoms with Crippen molar-refractivity contribution in [3.63, 3.8) is 0 Å². The van der Waals surface area contributed by atoms with Crippen molar-refractivity contribution < 1.29 is 4.79 Å². The molecule has 2 aromatic rings. The first-order chi connectivity index (χ1) is 8.24. The van der Waals surface area contributed by atoms with Crippen LogP contribution in [-0.4, -0.2) is 48.2 Å². The topological polar surface area (TPSA) is 61.0 Å². The number of carbonyl (C=O) groups excluding carboxylic acids is 1. The fourth-order valence-electron chi connectivity index (χ4n) is 1.74. The normalized spacial score (nSPS) is 10.7. The highest BCUT2D eigenvalue weighted by Crippen LogP contribution is 2.17. The van der Waals surface area contributed by atoms with Gasteiger partial charge in [0.25, 0.3) is 5.91 Å². The molecule has 0 fully saturated rings. The average molecular weight is 232 g/mol. The van der Waals surface area contributed by atoms with E-state index in [9.17, 15) is 4.79 Å². The van der Waals surface area contributed by atoms with Gasteiger partial charge >= 0.3 is 0 Å². The molecule has 0 radical (unpaired) electrons. The Hall–Kier alpha value is -1.88. The molecule has 0 atom stereocenters. The van der Waals surface area contributed by atoms with Crippen molar-refractivity contribution in [3.8, 4) is 0 Å². The molecule has 0 spiro atoms. The molecule has 2 rings (SSSR count). The van der Waals surface area contributed by atoms with E-state index in [0.717, 1.165) is 17.4 Å². The number of hydrogen-bond acceptors (Lipinski definition) is 3. The van der Waals surface area contributed by atoms with Gasteiger partial charge in [0, 0.05) is 25.5 Å². The van der Waals surface area contributed by atoms with E-state index >= 15 is 0 Å². The smallest absolute Gasteiger partial charge is 0.254 e. The minimum atomic E-state index is 0.0206. The van der Waals surface area contributed by atoms with Crippen LogP contribution < -0.4 is 5.32 Å². The van der Waals surface area contributed by atoms with Crippen LogP contribution in [0.5, 0.6) is 0 Å². The predicted octanol–water partition coefficient (Wildman–Crippen LogP) is 0.854. The molecule has 0 saturated heterocycles. The second-order valence-corrected chi connectivity index (χ2v) is 3.97. The quantitative estimate of drug-likeness (QED) is 0.821. The van der Waals surface area contributed by atoms with E-state index in [1.54, 1.807) is 18.1 Å². The number of H-pyrrole nitrogens is 1. The Morgan fingerprint density at radius 3 is 3.12 bits per heavy atom. The lowest BCUT2D eigenvalue weighted by Gasteiger charge is -2.17. The summed E-state index contributed by atoms with van der Waals surface area (Å²) in [5, 5.41) is 10.7. The van der Waals surface area contributed by atoms with E-state index < -0.39 is 0 Å². The second-order valence-electron chi connectivity index (χ2n) is 3.97. The van der Waals surface area contributed by atoms with Crippen molar-refractivity contribution in [3.05, 3.63) is 30.0 Å². The van der Waals surface area contributed by atoms with Crippen molar-refractivity contribution in [2.45, 2.75) is 0 Å². The number of hydrogen-bond donors (Lipinski definition) is 2. The molecule has 5 heteroatoms. The number of fused-ring (bicyclic) bond motifs is 1. The summed E-state index contributed by atoms with van der Waals surface area (Å²) in [7, 11) is 3.67. The summed E-state index contributed by atoms with van der Waals surface area (Å²) in [6.07, 6.45) is 1.69. The van der Waals surface area contributed by atoms with Crippen LogP contribution in [0, 0.1) is 0 Å². The highest BCUT2D eigenvalue weighted by Gasteiger charge is 2.14. The molecular weight excluding hydrogens is 216 g/mol. The lowest BCUT2D eigenvalue weighted by molar-refractivity contribution is 0.0799. The van der Waals surface area contributed by atoms with Crippen molar-refractivity contribution >= 4 is 16.8 Å². The maximum absolute atomic E-state index is 12.2. The average Bonchev–Trinajstić information content (AvgIpc) is 2.82. The molecule has 0 aliphatic carbocycles. The molecule has 5 nitrogen and oxygen atoms in total. The van der Waals surface area contributed by atoms with Gasteiger partial charge in [-0.1, -0.05) is 6.07 Å². The molecule has 0 bridgehead atoms. The van der Waals surface area contributed by atoms with Crippen LogP contribution in [0.4, 0.5) is 0 Å². The number of nitrogens with one attached hydrogen (secondary N) is 2. The van der Waals surface area contributed by atoms with Gasteiger partial charge in [-0.05, 0) is 19.2 Å². The Morgan fingerprint density at radius 2 is 2.35 bits per heavy atom. The Balaban J connectivity index is 2.27. The Labute approximate surface area is 99.8 Å². The Kier molecular flexibility index (Phi) is 3.39. The van der Waals surface area contributed by atoms with E-state index in [4.69, 9.17) is 0 Å². The third kappa shape index (κ3) is 2.29. The van der Waals surface area contributed by atoms with Crippen LogP contribution >= 0.6 is 0 Å². The third-order valence-corrected chi connectivity index (χ3v) is 2.76. The molecule has 2 N–H and O–H groups in total. The zero-order valence-corrected chi connectivity index (χ0v) is 10.0. The summed E-state index contributed by atoms with van der Waals surface area (Å²) >= 11 is 0. The van der Waals surface area contributed by atoms with E-state index in [1.807, 2.05) is 25.2 Å². The van der Waals surface area contributed by atoms with Gasteiger partial charge in [0.1, 0.15) is 0 Å². The number of benzene rings is 1. The highest BCUT2D eigenvalue weighted by molar-refractivity contribution is 6.05. The summed E-state index contributed by atoms with van der Waals surface area (Å²) in [5.41, 5.74) is 1.58. The first-order valence-electron chi connectivity index (χ1n) is 5.56. The van der Waals surface area contributed by atoms with Gasteiger partial charge in [-0.25, -0.2) is 0 Å². The number of aromatic nitrogens is 2. The Morgan fingerprint density at radius 1 is 1.53 bits per heavy atom. The lowest BCUT2D eigenvalue weighted by Crippen LogP contribution is -2.32. The number of aromatic amines is 1. The van der Waals surface area contributed by atoms with Crippen LogP contribution in [-0.2, 0) is 0 Å². The Bertz CT molecular complexity index is 520. The molecule has 1 aromatic carbocycles. The van der Waals surface area contributed by atoms with Crippen LogP contribution in [0.3, 0.4) is 0 Å². The van der Waals surface area contributed by atoms with E-state index in [0.29, 0.717) is 12.1 Å². The number of carbonyl (C=O) groups is 1. The van der Waals surface area contributed by atoms with E-state index in [1.165, 1.54) is 0 Å². The number of rotatable bonds is 4. The van der Waals surface area contributed by atoms with Crippen LogP contribution in [0.1, 0.15) is 10.4 Å². The van der Waals surface area contributed by atoms with Crippen molar-refractivity contribution in [2.75, 3.05) is 27.2 Å². The van der Waals surface area contributed by atoms with Crippen molar-refractivity contribution in [1.82, 2.24) is 20.4 Å². The van der Waals surface area contributed by atoms with E-state index in [-0.39, 0.29) is 5.91 Å². The molecular formula is C12H16N4O. The molecule has 1 aromatic heterocycles. The first-order valence-corrected chi connectivity index (χ1v) is 5.56. The molecule has 0 aliphatic heterocycles. The zero-order chi connectivity index (χ0) is 12.3. The first kappa shape index (κ1) is 11.6. The lowest BCUT2D eigenvalue weighted by atomic mass is 10.1.